The van der Waals surface area contributed by atoms with Crippen LogP contribution in [0.4, 0.5) is 14.5 Å². The second-order valence-electron chi connectivity index (χ2n) is 8.80. The molecule has 0 unspecified atom stereocenters. The Morgan fingerprint density at radius 1 is 1.16 bits per heavy atom. The maximum absolute atomic E-state index is 13.3. The van der Waals surface area contributed by atoms with E-state index in [1.54, 1.807) is 18.2 Å². The number of amides is 2. The highest BCUT2D eigenvalue weighted by Gasteiger charge is 2.41. The first-order chi connectivity index (χ1) is 15.1. The third kappa shape index (κ3) is 6.85. The minimum absolute atomic E-state index is 0.133. The number of nitrogens with one attached hydrogen (secondary N) is 2. The van der Waals surface area contributed by atoms with Crippen LogP contribution in [0.15, 0.2) is 18.2 Å². The van der Waals surface area contributed by atoms with Gasteiger partial charge in [0.1, 0.15) is 5.75 Å². The molecule has 2 fully saturated rings. The highest BCUT2D eigenvalue weighted by atomic mass is 19.3. The van der Waals surface area contributed by atoms with Crippen LogP contribution in [-0.4, -0.2) is 84.6 Å². The van der Waals surface area contributed by atoms with Crippen molar-refractivity contribution in [3.63, 3.8) is 0 Å². The van der Waals surface area contributed by atoms with Crippen molar-refractivity contribution < 1.29 is 28.2 Å². The molecule has 1 aromatic rings. The normalized spacial score (nSPS) is 23.7. The number of piperidine rings is 1. The van der Waals surface area contributed by atoms with Crippen LogP contribution in [0.25, 0.3) is 0 Å². The van der Waals surface area contributed by atoms with E-state index in [-0.39, 0.29) is 50.8 Å². The van der Waals surface area contributed by atoms with Crippen LogP contribution in [0.5, 0.6) is 5.75 Å². The van der Waals surface area contributed by atoms with Gasteiger partial charge >= 0.3 is 0 Å². The van der Waals surface area contributed by atoms with Crippen molar-refractivity contribution in [2.24, 2.45) is 0 Å². The van der Waals surface area contributed by atoms with Crippen molar-refractivity contribution in [3.05, 3.63) is 23.8 Å². The Bertz CT molecular complexity index is 828. The van der Waals surface area contributed by atoms with Gasteiger partial charge in [0.2, 0.25) is 11.8 Å². The first-order valence-corrected chi connectivity index (χ1v) is 10.8. The molecule has 3 rings (SSSR count). The van der Waals surface area contributed by atoms with Gasteiger partial charge in [-0.15, -0.1) is 0 Å². The van der Waals surface area contributed by atoms with Gasteiger partial charge in [-0.2, -0.15) is 0 Å². The summed E-state index contributed by atoms with van der Waals surface area (Å²) in [6, 6.07) is 5.20. The molecule has 3 N–H and O–H groups in total. The fraction of sp³-hybridized carbons (Fsp3) is 0.636. The predicted octanol–water partition coefficient (Wildman–Crippen LogP) is 1.44. The number of alkyl halides is 2. The standard InChI is InChI=1S/C22H32F2N4O4/c1-16(29)26-18-3-4-19(32-2)17(11-18)12-25-20(30)13-28-8-5-21(31,15-28)14-27-9-6-22(23,24)7-10-27/h3-4,11,31H,5-10,12-15H2,1-2H3,(H,25,30)(H,26,29)/t21-/m1/s1. The van der Waals surface area contributed by atoms with E-state index in [0.29, 0.717) is 37.5 Å². The number of aliphatic hydroxyl groups is 1. The maximum atomic E-state index is 13.3. The lowest BCUT2D eigenvalue weighted by molar-refractivity contribution is -0.122. The van der Waals surface area contributed by atoms with E-state index >= 15 is 0 Å². The van der Waals surface area contributed by atoms with Gasteiger partial charge in [-0.3, -0.25) is 19.4 Å². The number of rotatable bonds is 8. The monoisotopic (exact) mass is 454 g/mol. The lowest BCUT2D eigenvalue weighted by Gasteiger charge is -2.36. The highest BCUT2D eigenvalue weighted by molar-refractivity contribution is 5.88. The number of ether oxygens (including phenoxy) is 1. The molecule has 0 aromatic heterocycles. The molecule has 178 valence electrons. The average Bonchev–Trinajstić information content (AvgIpc) is 3.08. The summed E-state index contributed by atoms with van der Waals surface area (Å²) in [5.41, 5.74) is 0.345. The van der Waals surface area contributed by atoms with Crippen LogP contribution in [0, 0.1) is 0 Å². The highest BCUT2D eigenvalue weighted by Crippen LogP contribution is 2.30. The van der Waals surface area contributed by atoms with E-state index in [9.17, 15) is 23.5 Å². The minimum Gasteiger partial charge on any atom is -0.496 e. The summed E-state index contributed by atoms with van der Waals surface area (Å²) in [4.78, 5) is 27.5. The van der Waals surface area contributed by atoms with Gasteiger partial charge in [0.05, 0.1) is 19.3 Å². The molecule has 32 heavy (non-hydrogen) atoms. The van der Waals surface area contributed by atoms with Crippen LogP contribution >= 0.6 is 0 Å². The van der Waals surface area contributed by atoms with Crippen molar-refractivity contribution in [1.82, 2.24) is 15.1 Å². The molecule has 0 saturated carbocycles. The number of halogens is 2. The summed E-state index contributed by atoms with van der Waals surface area (Å²) in [5.74, 6) is -2.39. The van der Waals surface area contributed by atoms with Gasteiger partial charge in [-0.05, 0) is 24.6 Å². The van der Waals surface area contributed by atoms with Gasteiger partial charge in [-0.25, -0.2) is 8.78 Å². The molecule has 2 aliphatic heterocycles. The molecule has 1 aromatic carbocycles. The van der Waals surface area contributed by atoms with Crippen molar-refractivity contribution >= 4 is 17.5 Å². The summed E-state index contributed by atoms with van der Waals surface area (Å²) in [6.07, 6.45) is 0.142. The number of benzene rings is 1. The topological polar surface area (TPSA) is 94.1 Å². The number of methoxy groups -OCH3 is 1. The zero-order valence-corrected chi connectivity index (χ0v) is 18.6. The van der Waals surface area contributed by atoms with E-state index in [1.807, 2.05) is 9.80 Å². The number of carbonyl (C=O) groups excluding carboxylic acids is 2. The summed E-state index contributed by atoms with van der Waals surface area (Å²) < 4.78 is 32.0. The average molecular weight is 455 g/mol. The van der Waals surface area contributed by atoms with Crippen LogP contribution in [0.3, 0.4) is 0 Å². The lowest BCUT2D eigenvalue weighted by atomic mass is 10.00. The fourth-order valence-electron chi connectivity index (χ4n) is 4.31. The Hall–Kier alpha value is -2.30. The number of hydrogen-bond acceptors (Lipinski definition) is 6. The third-order valence-electron chi connectivity index (χ3n) is 5.96. The molecular weight excluding hydrogens is 422 g/mol. The van der Waals surface area contributed by atoms with E-state index in [0.717, 1.165) is 5.56 Å². The molecule has 0 spiro atoms. The third-order valence-corrected chi connectivity index (χ3v) is 5.96. The van der Waals surface area contributed by atoms with Crippen LogP contribution < -0.4 is 15.4 Å². The molecule has 2 amide bonds. The fourth-order valence-corrected chi connectivity index (χ4v) is 4.31. The van der Waals surface area contributed by atoms with E-state index < -0.39 is 11.5 Å². The van der Waals surface area contributed by atoms with Crippen LogP contribution in [0.1, 0.15) is 31.7 Å². The molecule has 0 bridgehead atoms. The lowest BCUT2D eigenvalue weighted by Crippen LogP contribution is -2.49. The Labute approximate surface area is 186 Å². The zero-order valence-electron chi connectivity index (χ0n) is 18.6. The van der Waals surface area contributed by atoms with Gasteiger partial charge in [0.25, 0.3) is 5.92 Å². The first-order valence-electron chi connectivity index (χ1n) is 10.8. The molecule has 8 nitrogen and oxygen atoms in total. The summed E-state index contributed by atoms with van der Waals surface area (Å²) in [6.45, 7) is 3.57. The molecule has 1 atom stereocenters. The Morgan fingerprint density at radius 3 is 2.50 bits per heavy atom. The van der Waals surface area contributed by atoms with Crippen molar-refractivity contribution in [2.75, 3.05) is 51.7 Å². The van der Waals surface area contributed by atoms with Crippen molar-refractivity contribution in [2.45, 2.75) is 44.3 Å². The summed E-state index contributed by atoms with van der Waals surface area (Å²) >= 11 is 0. The smallest absolute Gasteiger partial charge is 0.250 e. The Balaban J connectivity index is 1.47. The molecule has 0 aliphatic carbocycles. The predicted molar refractivity (Wildman–Crippen MR) is 116 cm³/mol. The molecule has 0 radical (unpaired) electrons. The maximum Gasteiger partial charge on any atom is 0.250 e. The number of likely N-dealkylation sites (tertiary alicyclic amines) is 2. The number of anilines is 1. The SMILES string of the molecule is COc1ccc(NC(C)=O)cc1CNC(=O)CN1CC[C@@](O)(CN2CCC(F)(F)CC2)C1. The Morgan fingerprint density at radius 2 is 1.84 bits per heavy atom. The van der Waals surface area contributed by atoms with Gasteiger partial charge in [0.15, 0.2) is 0 Å². The molecular formula is C22H32F2N4O4. The largest absolute Gasteiger partial charge is 0.496 e. The molecule has 2 heterocycles. The second-order valence-corrected chi connectivity index (χ2v) is 8.80. The minimum atomic E-state index is -2.61. The van der Waals surface area contributed by atoms with E-state index in [2.05, 4.69) is 10.6 Å². The molecule has 10 heteroatoms. The van der Waals surface area contributed by atoms with Gasteiger partial charge < -0.3 is 20.5 Å². The number of hydrogen-bond donors (Lipinski definition) is 3. The second kappa shape index (κ2) is 10.1. The van der Waals surface area contributed by atoms with Gasteiger partial charge in [0, 0.05) is 70.3 Å². The van der Waals surface area contributed by atoms with E-state index in [4.69, 9.17) is 4.74 Å². The van der Waals surface area contributed by atoms with Gasteiger partial charge in [-0.1, -0.05) is 0 Å². The van der Waals surface area contributed by atoms with Crippen LogP contribution in [0.2, 0.25) is 0 Å². The quantitative estimate of drug-likeness (QED) is 0.550. The zero-order chi connectivity index (χ0) is 23.4. The molecule has 2 aliphatic rings. The summed E-state index contributed by atoms with van der Waals surface area (Å²) in [5, 5.41) is 16.4. The van der Waals surface area contributed by atoms with Crippen LogP contribution in [-0.2, 0) is 16.1 Å². The Kier molecular flexibility index (Phi) is 7.68. The van der Waals surface area contributed by atoms with E-state index in [1.165, 1.54) is 14.0 Å². The number of β-amino-alcohol motifs (C(OH)–C–C–N with tert-alkyl or cyclic N) is 1. The van der Waals surface area contributed by atoms with Crippen molar-refractivity contribution in [3.8, 4) is 5.75 Å². The summed E-state index contributed by atoms with van der Waals surface area (Å²) in [7, 11) is 1.53. The number of nitrogens with zero attached hydrogens (tertiary/aromatic N) is 2. The molecule has 2 saturated heterocycles. The first kappa shape index (κ1) is 24.3. The number of carbonyl (C=O) groups is 2. The van der Waals surface area contributed by atoms with Crippen molar-refractivity contribution in [1.29, 1.82) is 0 Å².